The number of nitrogens with one attached hydrogen (secondary N) is 2. The van der Waals surface area contributed by atoms with Crippen molar-refractivity contribution in [3.63, 3.8) is 0 Å². The lowest BCUT2D eigenvalue weighted by Crippen LogP contribution is -2.28. The van der Waals surface area contributed by atoms with Gasteiger partial charge in [-0.3, -0.25) is 19.9 Å². The van der Waals surface area contributed by atoms with E-state index in [1.807, 2.05) is 19.1 Å². The molecule has 7 nitrogen and oxygen atoms in total. The first-order valence-electron chi connectivity index (χ1n) is 8.02. The van der Waals surface area contributed by atoms with Crippen molar-refractivity contribution in [3.05, 3.63) is 64.8 Å². The number of pyridine rings is 1. The van der Waals surface area contributed by atoms with Gasteiger partial charge in [0, 0.05) is 17.8 Å². The van der Waals surface area contributed by atoms with Crippen LogP contribution < -0.4 is 10.6 Å². The molecule has 26 heavy (non-hydrogen) atoms. The number of anilines is 1. The number of rotatable bonds is 6. The number of aryl methyl sites for hydroxylation is 1. The van der Waals surface area contributed by atoms with Crippen molar-refractivity contribution >= 4 is 28.3 Å². The van der Waals surface area contributed by atoms with Crippen LogP contribution in [0, 0.1) is 6.92 Å². The number of carbonyl (C=O) groups is 2. The molecule has 0 spiro atoms. The summed E-state index contributed by atoms with van der Waals surface area (Å²) in [4.78, 5) is 32.6. The molecule has 3 aromatic rings. The summed E-state index contributed by atoms with van der Waals surface area (Å²) < 4.78 is 5.12. The Kier molecular flexibility index (Phi) is 5.43. The quantitative estimate of drug-likeness (QED) is 0.695. The van der Waals surface area contributed by atoms with E-state index in [0.29, 0.717) is 22.1 Å². The van der Waals surface area contributed by atoms with Gasteiger partial charge >= 0.3 is 0 Å². The molecule has 0 saturated carbocycles. The molecule has 3 rings (SSSR count). The van der Waals surface area contributed by atoms with Gasteiger partial charge in [-0.25, -0.2) is 4.98 Å². The van der Waals surface area contributed by atoms with E-state index in [0.717, 1.165) is 5.56 Å². The zero-order valence-corrected chi connectivity index (χ0v) is 15.2. The van der Waals surface area contributed by atoms with Crippen LogP contribution in [0.4, 0.5) is 5.13 Å². The van der Waals surface area contributed by atoms with Crippen LogP contribution in [0.2, 0.25) is 0 Å². The number of hydrogen-bond acceptors (Lipinski definition) is 6. The van der Waals surface area contributed by atoms with Crippen LogP contribution in [0.5, 0.6) is 0 Å². The number of carbonyl (C=O) groups excluding carboxylic acids is 2. The minimum atomic E-state index is -0.284. The monoisotopic (exact) mass is 370 g/mol. The van der Waals surface area contributed by atoms with E-state index in [9.17, 15) is 9.59 Å². The molecule has 0 aliphatic heterocycles. The molecule has 1 atom stereocenters. The lowest BCUT2D eigenvalue weighted by Gasteiger charge is -2.13. The molecule has 3 heterocycles. The van der Waals surface area contributed by atoms with Crippen LogP contribution in [-0.4, -0.2) is 21.8 Å². The highest BCUT2D eigenvalue weighted by molar-refractivity contribution is 7.14. The zero-order valence-electron chi connectivity index (χ0n) is 14.4. The Morgan fingerprint density at radius 1 is 1.27 bits per heavy atom. The molecule has 3 aromatic heterocycles. The summed E-state index contributed by atoms with van der Waals surface area (Å²) in [6.07, 6.45) is 4.99. The maximum Gasteiger partial charge on any atom is 0.260 e. The fraction of sp³-hybridized carbons (Fsp3) is 0.222. The summed E-state index contributed by atoms with van der Waals surface area (Å²) in [6, 6.07) is 5.21. The highest BCUT2D eigenvalue weighted by Gasteiger charge is 2.15. The van der Waals surface area contributed by atoms with E-state index >= 15 is 0 Å². The van der Waals surface area contributed by atoms with Crippen molar-refractivity contribution in [2.24, 2.45) is 0 Å². The van der Waals surface area contributed by atoms with E-state index in [2.05, 4.69) is 20.6 Å². The third kappa shape index (κ3) is 4.34. The topological polar surface area (TPSA) is 97.1 Å². The van der Waals surface area contributed by atoms with Gasteiger partial charge in [0.15, 0.2) is 5.13 Å². The average Bonchev–Trinajstić information content (AvgIpc) is 3.24. The van der Waals surface area contributed by atoms with Crippen LogP contribution in [0.15, 0.2) is 46.7 Å². The maximum absolute atomic E-state index is 12.2. The maximum atomic E-state index is 12.2. The summed E-state index contributed by atoms with van der Waals surface area (Å²) in [5.74, 6) is 0.125. The molecular formula is C18H18N4O3S. The summed E-state index contributed by atoms with van der Waals surface area (Å²) in [5.41, 5.74) is 2.05. The van der Waals surface area contributed by atoms with Gasteiger partial charge in [0.05, 0.1) is 30.0 Å². The summed E-state index contributed by atoms with van der Waals surface area (Å²) >= 11 is 1.28. The second-order valence-corrected chi connectivity index (χ2v) is 6.59. The van der Waals surface area contributed by atoms with Crippen molar-refractivity contribution in [2.75, 3.05) is 5.32 Å². The predicted molar refractivity (Wildman–Crippen MR) is 98.0 cm³/mol. The average molecular weight is 370 g/mol. The van der Waals surface area contributed by atoms with Crippen molar-refractivity contribution in [2.45, 2.75) is 26.3 Å². The Labute approximate surface area is 154 Å². The van der Waals surface area contributed by atoms with Crippen LogP contribution in [-0.2, 0) is 11.2 Å². The van der Waals surface area contributed by atoms with Gasteiger partial charge in [0.2, 0.25) is 5.91 Å². The first-order valence-corrected chi connectivity index (χ1v) is 8.90. The van der Waals surface area contributed by atoms with Gasteiger partial charge in [-0.1, -0.05) is 0 Å². The van der Waals surface area contributed by atoms with Gasteiger partial charge in [0.1, 0.15) is 5.76 Å². The molecule has 2 amide bonds. The molecule has 0 aliphatic rings. The van der Waals surface area contributed by atoms with E-state index in [1.165, 1.54) is 17.6 Å². The van der Waals surface area contributed by atoms with Crippen molar-refractivity contribution in [1.82, 2.24) is 15.3 Å². The van der Waals surface area contributed by atoms with Gasteiger partial charge in [0.25, 0.3) is 5.91 Å². The molecule has 134 valence electrons. The van der Waals surface area contributed by atoms with Crippen LogP contribution >= 0.6 is 11.3 Å². The van der Waals surface area contributed by atoms with Crippen molar-refractivity contribution < 1.29 is 14.0 Å². The smallest absolute Gasteiger partial charge is 0.260 e. The van der Waals surface area contributed by atoms with E-state index in [1.54, 1.807) is 30.8 Å². The molecule has 0 radical (unpaired) electrons. The molecule has 0 aromatic carbocycles. The Morgan fingerprint density at radius 2 is 2.04 bits per heavy atom. The Hall–Kier alpha value is -3.00. The lowest BCUT2D eigenvalue weighted by atomic mass is 10.1. The van der Waals surface area contributed by atoms with E-state index < -0.39 is 0 Å². The zero-order chi connectivity index (χ0) is 18.5. The minimum absolute atomic E-state index is 0.118. The molecule has 8 heteroatoms. The summed E-state index contributed by atoms with van der Waals surface area (Å²) in [5, 5.41) is 7.84. The highest BCUT2D eigenvalue weighted by Crippen LogP contribution is 2.19. The molecule has 0 bridgehead atoms. The minimum Gasteiger partial charge on any atom is -0.469 e. The van der Waals surface area contributed by atoms with E-state index in [-0.39, 0.29) is 24.3 Å². The first kappa shape index (κ1) is 17.8. The Bertz CT molecular complexity index is 904. The fourth-order valence-corrected chi connectivity index (χ4v) is 3.13. The van der Waals surface area contributed by atoms with Gasteiger partial charge in [-0.2, -0.15) is 0 Å². The standard InChI is InChI=1S/C18H18N4O3S/c1-11(13-3-6-19-7-4-13)20-16(23)9-14-10-26-18(21-14)22-17(24)15-5-8-25-12(15)2/h3-8,10-11H,9H2,1-2H3,(H,20,23)(H,21,22,24)/t11-/m1/s1. The van der Waals surface area contributed by atoms with E-state index in [4.69, 9.17) is 4.42 Å². The number of aromatic nitrogens is 2. The molecule has 0 unspecified atom stereocenters. The van der Waals surface area contributed by atoms with Crippen molar-refractivity contribution in [1.29, 1.82) is 0 Å². The third-order valence-electron chi connectivity index (χ3n) is 3.80. The number of nitrogens with zero attached hydrogens (tertiary/aromatic N) is 2. The van der Waals surface area contributed by atoms with Gasteiger partial charge in [-0.05, 0) is 37.6 Å². The Balaban J connectivity index is 1.55. The number of furan rings is 1. The van der Waals surface area contributed by atoms with Crippen LogP contribution in [0.3, 0.4) is 0 Å². The SMILES string of the molecule is Cc1occc1C(=O)Nc1nc(CC(=O)N[C@H](C)c2ccncc2)cs1. The molecule has 0 aliphatic carbocycles. The largest absolute Gasteiger partial charge is 0.469 e. The first-order chi connectivity index (χ1) is 12.5. The summed E-state index contributed by atoms with van der Waals surface area (Å²) in [6.45, 7) is 3.63. The Morgan fingerprint density at radius 3 is 2.73 bits per heavy atom. The molecular weight excluding hydrogens is 352 g/mol. The normalized spacial score (nSPS) is 11.8. The lowest BCUT2D eigenvalue weighted by molar-refractivity contribution is -0.121. The molecule has 2 N–H and O–H groups in total. The third-order valence-corrected chi connectivity index (χ3v) is 4.61. The molecule has 0 saturated heterocycles. The van der Waals surface area contributed by atoms with Gasteiger partial charge in [-0.15, -0.1) is 11.3 Å². The number of hydrogen-bond donors (Lipinski definition) is 2. The number of thiazole rings is 1. The van der Waals surface area contributed by atoms with Crippen LogP contribution in [0.1, 0.15) is 40.3 Å². The second-order valence-electron chi connectivity index (χ2n) is 5.74. The molecule has 0 fully saturated rings. The summed E-state index contributed by atoms with van der Waals surface area (Å²) in [7, 11) is 0. The fourth-order valence-electron chi connectivity index (χ4n) is 2.42. The highest BCUT2D eigenvalue weighted by atomic mass is 32.1. The number of amides is 2. The van der Waals surface area contributed by atoms with Gasteiger partial charge < -0.3 is 9.73 Å². The van der Waals surface area contributed by atoms with Crippen LogP contribution in [0.25, 0.3) is 0 Å². The predicted octanol–water partition coefficient (Wildman–Crippen LogP) is 3.11. The van der Waals surface area contributed by atoms with Crippen molar-refractivity contribution in [3.8, 4) is 0 Å². The second kappa shape index (κ2) is 7.92.